The van der Waals surface area contributed by atoms with E-state index in [1.807, 2.05) is 42.5 Å². The summed E-state index contributed by atoms with van der Waals surface area (Å²) in [5.74, 6) is 0.0900. The number of nitrogens with one attached hydrogen (secondary N) is 1. The third-order valence-electron chi connectivity index (χ3n) is 4.27. The Hall–Kier alpha value is -2.77. The largest absolute Gasteiger partial charge is 0.396 e. The maximum absolute atomic E-state index is 13.0. The molecule has 0 aliphatic carbocycles. The Kier molecular flexibility index (Phi) is 6.38. The maximum atomic E-state index is 13.0. The first-order valence-corrected chi connectivity index (χ1v) is 9.61. The summed E-state index contributed by atoms with van der Waals surface area (Å²) in [7, 11) is 0. The highest BCUT2D eigenvalue weighted by Gasteiger charge is 2.17. The van der Waals surface area contributed by atoms with Gasteiger partial charge in [-0.3, -0.25) is 14.2 Å². The lowest BCUT2D eigenvalue weighted by Crippen LogP contribution is -2.33. The molecule has 1 aromatic heterocycles. The van der Waals surface area contributed by atoms with Crippen molar-refractivity contribution in [3.05, 3.63) is 80.7 Å². The number of benzene rings is 2. The molecule has 0 saturated heterocycles. The lowest BCUT2D eigenvalue weighted by atomic mass is 10.1. The second-order valence-corrected chi connectivity index (χ2v) is 7.20. The second-order valence-electron chi connectivity index (χ2n) is 6.29. The maximum Gasteiger partial charge on any atom is 0.257 e. The van der Waals surface area contributed by atoms with Crippen LogP contribution in [0.4, 0.5) is 5.69 Å². The average molecular weight is 442 g/mol. The Balaban J connectivity index is 2.01. The van der Waals surface area contributed by atoms with Crippen LogP contribution >= 0.6 is 15.9 Å². The van der Waals surface area contributed by atoms with Crippen LogP contribution in [0.25, 0.3) is 11.4 Å². The molecule has 0 atom stereocenters. The highest BCUT2D eigenvalue weighted by molar-refractivity contribution is 9.10. The van der Waals surface area contributed by atoms with E-state index in [1.54, 1.807) is 19.1 Å². The lowest BCUT2D eigenvalue weighted by molar-refractivity contribution is -0.116. The number of aromatic nitrogens is 2. The topological polar surface area (TPSA) is 84.2 Å². The smallest absolute Gasteiger partial charge is 0.257 e. The molecule has 1 heterocycles. The zero-order valence-corrected chi connectivity index (χ0v) is 16.9. The van der Waals surface area contributed by atoms with Gasteiger partial charge >= 0.3 is 0 Å². The zero-order chi connectivity index (χ0) is 20.1. The number of hydrogen-bond donors (Lipinski definition) is 2. The molecule has 3 rings (SSSR count). The summed E-state index contributed by atoms with van der Waals surface area (Å²) in [6.07, 6.45) is 0.194. The molecule has 0 spiro atoms. The number of rotatable bonds is 6. The molecule has 0 unspecified atom stereocenters. The van der Waals surface area contributed by atoms with Gasteiger partial charge in [0.1, 0.15) is 12.4 Å². The van der Waals surface area contributed by atoms with Crippen molar-refractivity contribution < 1.29 is 9.90 Å². The van der Waals surface area contributed by atoms with Crippen molar-refractivity contribution in [1.29, 1.82) is 0 Å². The Morgan fingerprint density at radius 1 is 1.18 bits per heavy atom. The molecular weight excluding hydrogens is 422 g/mol. The van der Waals surface area contributed by atoms with Gasteiger partial charge in [-0.2, -0.15) is 0 Å². The van der Waals surface area contributed by atoms with Crippen LogP contribution in [0.15, 0.2) is 63.9 Å². The number of aliphatic hydroxyl groups excluding tert-OH is 1. The number of nitrogens with zero attached hydrogens (tertiary/aromatic N) is 2. The molecule has 0 bridgehead atoms. The first-order valence-electron chi connectivity index (χ1n) is 8.81. The van der Waals surface area contributed by atoms with Crippen LogP contribution in [-0.2, 0) is 17.8 Å². The van der Waals surface area contributed by atoms with Crippen LogP contribution in [0.1, 0.15) is 11.3 Å². The third kappa shape index (κ3) is 4.55. The first kappa shape index (κ1) is 20.0. The van der Waals surface area contributed by atoms with E-state index in [0.29, 0.717) is 22.8 Å². The third-order valence-corrected chi connectivity index (χ3v) is 4.77. The molecule has 2 N–H and O–H groups in total. The molecule has 6 nitrogen and oxygen atoms in total. The van der Waals surface area contributed by atoms with E-state index in [4.69, 9.17) is 0 Å². The van der Waals surface area contributed by atoms with Crippen molar-refractivity contribution in [2.24, 2.45) is 0 Å². The van der Waals surface area contributed by atoms with Crippen molar-refractivity contribution in [3.63, 3.8) is 0 Å². The molecule has 1 amide bonds. The number of aryl methyl sites for hydroxylation is 1. The molecule has 0 saturated carbocycles. The number of carbonyl (C=O) groups excluding carboxylic acids is 1. The summed E-state index contributed by atoms with van der Waals surface area (Å²) in [5, 5.41) is 12.1. The molecule has 28 heavy (non-hydrogen) atoms. The Bertz CT molecular complexity index is 1050. The Morgan fingerprint density at radius 2 is 1.93 bits per heavy atom. The van der Waals surface area contributed by atoms with Gasteiger partial charge in [0, 0.05) is 40.0 Å². The average Bonchev–Trinajstić information content (AvgIpc) is 2.68. The van der Waals surface area contributed by atoms with Crippen molar-refractivity contribution >= 4 is 27.5 Å². The van der Waals surface area contributed by atoms with Gasteiger partial charge in [0.15, 0.2) is 0 Å². The van der Waals surface area contributed by atoms with Gasteiger partial charge in [-0.1, -0.05) is 52.3 Å². The van der Waals surface area contributed by atoms with E-state index in [0.717, 1.165) is 10.0 Å². The Labute approximate surface area is 171 Å². The van der Waals surface area contributed by atoms with Crippen LogP contribution < -0.4 is 10.9 Å². The first-order chi connectivity index (χ1) is 13.5. The summed E-state index contributed by atoms with van der Waals surface area (Å²) in [4.78, 5) is 30.2. The molecule has 3 aromatic rings. The minimum absolute atomic E-state index is 0.160. The molecule has 0 aliphatic heterocycles. The zero-order valence-electron chi connectivity index (χ0n) is 15.4. The fourth-order valence-corrected chi connectivity index (χ4v) is 3.36. The van der Waals surface area contributed by atoms with E-state index in [2.05, 4.69) is 26.2 Å². The molecule has 0 fully saturated rings. The monoisotopic (exact) mass is 441 g/mol. The molecule has 0 aliphatic rings. The van der Waals surface area contributed by atoms with Crippen molar-refractivity contribution in [3.8, 4) is 11.4 Å². The van der Waals surface area contributed by atoms with Gasteiger partial charge < -0.3 is 10.4 Å². The van der Waals surface area contributed by atoms with Crippen molar-refractivity contribution in [2.45, 2.75) is 19.9 Å². The van der Waals surface area contributed by atoms with Gasteiger partial charge in [-0.25, -0.2) is 4.98 Å². The van der Waals surface area contributed by atoms with Crippen LogP contribution in [0.5, 0.6) is 0 Å². The molecular formula is C21H20BrN3O3. The van der Waals surface area contributed by atoms with Crippen LogP contribution in [-0.4, -0.2) is 27.2 Å². The van der Waals surface area contributed by atoms with Gasteiger partial charge in [-0.15, -0.1) is 0 Å². The summed E-state index contributed by atoms with van der Waals surface area (Å²) < 4.78 is 2.20. The SMILES string of the molecule is Cc1nc(-c2ccccc2)n(CC(=O)Nc2cccc(Br)c2)c(=O)c1CCO. The van der Waals surface area contributed by atoms with E-state index >= 15 is 0 Å². The van der Waals surface area contributed by atoms with Crippen LogP contribution in [0, 0.1) is 6.92 Å². The fraction of sp³-hybridized carbons (Fsp3) is 0.190. The van der Waals surface area contributed by atoms with Gasteiger partial charge in [-0.05, 0) is 25.1 Å². The summed E-state index contributed by atoms with van der Waals surface area (Å²) in [6.45, 7) is 1.40. The predicted octanol–water partition coefficient (Wildman–Crippen LogP) is 3.15. The van der Waals surface area contributed by atoms with Crippen LogP contribution in [0.3, 0.4) is 0 Å². The highest BCUT2D eigenvalue weighted by Crippen LogP contribution is 2.18. The summed E-state index contributed by atoms with van der Waals surface area (Å²) in [6, 6.07) is 16.5. The number of amides is 1. The van der Waals surface area contributed by atoms with Gasteiger partial charge in [0.25, 0.3) is 5.56 Å². The minimum atomic E-state index is -0.335. The molecule has 2 aromatic carbocycles. The number of carbonyl (C=O) groups is 1. The minimum Gasteiger partial charge on any atom is -0.396 e. The number of aliphatic hydroxyl groups is 1. The van der Waals surface area contributed by atoms with E-state index < -0.39 is 0 Å². The molecule has 7 heteroatoms. The normalized spacial score (nSPS) is 10.7. The molecule has 0 radical (unpaired) electrons. The standard InChI is InChI=1S/C21H20BrN3O3/c1-14-18(10-11-26)21(28)25(20(23-14)15-6-3-2-4-7-15)13-19(27)24-17-9-5-8-16(22)12-17/h2-9,12,26H,10-11,13H2,1H3,(H,24,27). The van der Waals surface area contributed by atoms with E-state index in [9.17, 15) is 14.7 Å². The summed E-state index contributed by atoms with van der Waals surface area (Å²) in [5.41, 5.74) is 2.03. The quantitative estimate of drug-likeness (QED) is 0.615. The lowest BCUT2D eigenvalue weighted by Gasteiger charge is -2.16. The predicted molar refractivity (Wildman–Crippen MR) is 112 cm³/mol. The van der Waals surface area contributed by atoms with Gasteiger partial charge in [0.05, 0.1) is 0 Å². The second kappa shape index (κ2) is 8.95. The Morgan fingerprint density at radius 3 is 2.61 bits per heavy atom. The number of halogens is 1. The van der Waals surface area contributed by atoms with E-state index in [1.165, 1.54) is 4.57 Å². The van der Waals surface area contributed by atoms with E-state index in [-0.39, 0.29) is 31.0 Å². The fourth-order valence-electron chi connectivity index (χ4n) is 2.96. The van der Waals surface area contributed by atoms with Crippen molar-refractivity contribution in [2.75, 3.05) is 11.9 Å². The summed E-state index contributed by atoms with van der Waals surface area (Å²) >= 11 is 3.37. The highest BCUT2D eigenvalue weighted by atomic mass is 79.9. The number of anilines is 1. The van der Waals surface area contributed by atoms with Crippen LogP contribution in [0.2, 0.25) is 0 Å². The molecule has 144 valence electrons. The van der Waals surface area contributed by atoms with Crippen molar-refractivity contribution in [1.82, 2.24) is 9.55 Å². The van der Waals surface area contributed by atoms with Gasteiger partial charge in [0.2, 0.25) is 5.91 Å². The number of hydrogen-bond acceptors (Lipinski definition) is 4.